The van der Waals surface area contributed by atoms with Crippen LogP contribution in [0.15, 0.2) is 0 Å². The van der Waals surface area contributed by atoms with E-state index >= 15 is 0 Å². The zero-order valence-electron chi connectivity index (χ0n) is 12.3. The van der Waals surface area contributed by atoms with Crippen LogP contribution >= 0.6 is 0 Å². The fourth-order valence-electron chi connectivity index (χ4n) is 2.81. The van der Waals surface area contributed by atoms with Crippen LogP contribution < -0.4 is 11.1 Å². The van der Waals surface area contributed by atoms with Crippen LogP contribution in [0.5, 0.6) is 0 Å². The van der Waals surface area contributed by atoms with Gasteiger partial charge < -0.3 is 16.0 Å². The first-order chi connectivity index (χ1) is 8.37. The van der Waals surface area contributed by atoms with Gasteiger partial charge in [0.05, 0.1) is 6.04 Å². The summed E-state index contributed by atoms with van der Waals surface area (Å²) in [6, 6.07) is -0.370. The summed E-state index contributed by atoms with van der Waals surface area (Å²) in [7, 11) is 4.21. The van der Waals surface area contributed by atoms with E-state index in [1.165, 1.54) is 25.7 Å². The zero-order valence-corrected chi connectivity index (χ0v) is 12.3. The smallest absolute Gasteiger partial charge is 0.236 e. The number of carbonyl (C=O) groups excluding carboxylic acids is 1. The molecule has 1 aliphatic carbocycles. The number of nitrogens with zero attached hydrogens (tertiary/aromatic N) is 1. The molecule has 1 fully saturated rings. The Morgan fingerprint density at radius 3 is 2.33 bits per heavy atom. The third-order valence-electron chi connectivity index (χ3n) is 4.14. The molecule has 0 heterocycles. The number of hydrogen-bond donors (Lipinski definition) is 2. The molecule has 1 rings (SSSR count). The summed E-state index contributed by atoms with van der Waals surface area (Å²) < 4.78 is 0. The molecule has 1 saturated carbocycles. The molecule has 106 valence electrons. The van der Waals surface area contributed by atoms with Crippen LogP contribution in [-0.4, -0.2) is 43.0 Å². The van der Waals surface area contributed by atoms with Gasteiger partial charge in [-0.3, -0.25) is 4.79 Å². The number of carbonyl (C=O) groups is 1. The van der Waals surface area contributed by atoms with Crippen LogP contribution in [-0.2, 0) is 4.79 Å². The van der Waals surface area contributed by atoms with Crippen LogP contribution in [0.25, 0.3) is 0 Å². The fraction of sp³-hybridized carbons (Fsp3) is 0.929. The first-order valence-electron chi connectivity index (χ1n) is 7.08. The summed E-state index contributed by atoms with van der Waals surface area (Å²) in [5.41, 5.74) is 6.04. The number of nitrogens with one attached hydrogen (secondary N) is 1. The van der Waals surface area contributed by atoms with Gasteiger partial charge in [-0.2, -0.15) is 0 Å². The maximum atomic E-state index is 11.9. The third kappa shape index (κ3) is 3.95. The molecule has 0 aliphatic heterocycles. The summed E-state index contributed by atoms with van der Waals surface area (Å²) in [5.74, 6) is 0.455. The molecule has 1 atom stereocenters. The quantitative estimate of drug-likeness (QED) is 0.753. The number of likely N-dealkylation sites (N-methyl/N-ethyl adjacent to an activating group) is 1. The Hall–Kier alpha value is -0.610. The van der Waals surface area contributed by atoms with E-state index in [9.17, 15) is 4.79 Å². The summed E-state index contributed by atoms with van der Waals surface area (Å²) >= 11 is 0. The van der Waals surface area contributed by atoms with Gasteiger partial charge in [-0.15, -0.1) is 0 Å². The van der Waals surface area contributed by atoms with Crippen molar-refractivity contribution in [2.45, 2.75) is 57.5 Å². The van der Waals surface area contributed by atoms with Gasteiger partial charge in [-0.05, 0) is 39.3 Å². The highest BCUT2D eigenvalue weighted by molar-refractivity contribution is 5.81. The molecule has 4 heteroatoms. The van der Waals surface area contributed by atoms with Gasteiger partial charge in [-0.1, -0.05) is 26.7 Å². The van der Waals surface area contributed by atoms with Crippen LogP contribution in [0.4, 0.5) is 0 Å². The van der Waals surface area contributed by atoms with Crippen LogP contribution in [0.2, 0.25) is 0 Å². The topological polar surface area (TPSA) is 58.4 Å². The van der Waals surface area contributed by atoms with Crippen molar-refractivity contribution in [2.75, 3.05) is 20.6 Å². The van der Waals surface area contributed by atoms with Gasteiger partial charge in [0.15, 0.2) is 0 Å². The Bertz CT molecular complexity index is 270. The van der Waals surface area contributed by atoms with Crippen LogP contribution in [0.3, 0.4) is 0 Å². The van der Waals surface area contributed by atoms with Gasteiger partial charge in [0.1, 0.15) is 0 Å². The number of nitrogens with two attached hydrogens (primary N) is 1. The third-order valence-corrected chi connectivity index (χ3v) is 4.14. The highest BCUT2D eigenvalue weighted by Crippen LogP contribution is 2.33. The van der Waals surface area contributed by atoms with E-state index in [1.807, 2.05) is 0 Å². The molecule has 0 aromatic carbocycles. The van der Waals surface area contributed by atoms with Crippen molar-refractivity contribution in [3.8, 4) is 0 Å². The maximum Gasteiger partial charge on any atom is 0.236 e. The molecule has 0 radical (unpaired) electrons. The molecule has 3 N–H and O–H groups in total. The van der Waals surface area contributed by atoms with E-state index in [0.29, 0.717) is 5.92 Å². The lowest BCUT2D eigenvalue weighted by Gasteiger charge is -2.36. The second kappa shape index (κ2) is 6.53. The Kier molecular flexibility index (Phi) is 5.60. The predicted octanol–water partition coefficient (Wildman–Crippen LogP) is 1.35. The zero-order chi connectivity index (χ0) is 13.8. The Balaban J connectivity index is 2.45. The lowest BCUT2D eigenvalue weighted by Crippen LogP contribution is -2.53. The molecule has 4 nitrogen and oxygen atoms in total. The molecule has 1 aliphatic rings. The summed E-state index contributed by atoms with van der Waals surface area (Å²) in [6.07, 6.45) is 5.60. The maximum absolute atomic E-state index is 11.9. The Morgan fingerprint density at radius 2 is 1.89 bits per heavy atom. The van der Waals surface area contributed by atoms with E-state index in [1.54, 1.807) is 0 Å². The lowest BCUT2D eigenvalue weighted by molar-refractivity contribution is -0.123. The average molecular weight is 255 g/mol. The Morgan fingerprint density at radius 1 is 1.33 bits per heavy atom. The molecule has 0 aromatic heterocycles. The SMILES string of the molecule is CC(C)CC(N)C(=O)NCC1(N(C)C)CCCC1. The fourth-order valence-corrected chi connectivity index (χ4v) is 2.81. The van der Waals surface area contributed by atoms with Crippen LogP contribution in [0, 0.1) is 5.92 Å². The average Bonchev–Trinajstić information content (AvgIpc) is 2.74. The van der Waals surface area contributed by atoms with Crippen molar-refractivity contribution in [1.82, 2.24) is 10.2 Å². The molecular formula is C14H29N3O. The lowest BCUT2D eigenvalue weighted by atomic mass is 9.95. The highest BCUT2D eigenvalue weighted by Gasteiger charge is 2.36. The number of rotatable bonds is 6. The Labute approximate surface area is 111 Å². The van der Waals surface area contributed by atoms with E-state index in [0.717, 1.165) is 13.0 Å². The predicted molar refractivity (Wildman–Crippen MR) is 75.3 cm³/mol. The van der Waals surface area contributed by atoms with Gasteiger partial charge >= 0.3 is 0 Å². The highest BCUT2D eigenvalue weighted by atomic mass is 16.2. The minimum atomic E-state index is -0.370. The summed E-state index contributed by atoms with van der Waals surface area (Å²) in [5, 5.41) is 3.05. The number of hydrogen-bond acceptors (Lipinski definition) is 3. The summed E-state index contributed by atoms with van der Waals surface area (Å²) in [6.45, 7) is 4.90. The molecule has 18 heavy (non-hydrogen) atoms. The van der Waals surface area contributed by atoms with Gasteiger partial charge in [0, 0.05) is 12.1 Å². The van der Waals surface area contributed by atoms with Crippen molar-refractivity contribution in [2.24, 2.45) is 11.7 Å². The first kappa shape index (κ1) is 15.4. The minimum absolute atomic E-state index is 0.00294. The van der Waals surface area contributed by atoms with E-state index in [4.69, 9.17) is 5.73 Å². The molecule has 0 aromatic rings. The number of amides is 1. The van der Waals surface area contributed by atoms with Crippen molar-refractivity contribution in [3.05, 3.63) is 0 Å². The van der Waals surface area contributed by atoms with Gasteiger partial charge in [0.2, 0.25) is 5.91 Å². The molecule has 1 amide bonds. The second-order valence-corrected chi connectivity index (χ2v) is 6.28. The second-order valence-electron chi connectivity index (χ2n) is 6.28. The first-order valence-corrected chi connectivity index (χ1v) is 7.08. The normalized spacial score (nSPS) is 20.4. The molecule has 0 bridgehead atoms. The van der Waals surface area contributed by atoms with E-state index in [-0.39, 0.29) is 17.5 Å². The van der Waals surface area contributed by atoms with Crippen molar-refractivity contribution in [1.29, 1.82) is 0 Å². The van der Waals surface area contributed by atoms with Crippen molar-refractivity contribution in [3.63, 3.8) is 0 Å². The molecule has 0 saturated heterocycles. The van der Waals surface area contributed by atoms with E-state index < -0.39 is 0 Å². The van der Waals surface area contributed by atoms with Gasteiger partial charge in [-0.25, -0.2) is 0 Å². The molecule has 0 spiro atoms. The van der Waals surface area contributed by atoms with E-state index in [2.05, 4.69) is 38.2 Å². The van der Waals surface area contributed by atoms with Gasteiger partial charge in [0.25, 0.3) is 0 Å². The van der Waals surface area contributed by atoms with Crippen molar-refractivity contribution >= 4 is 5.91 Å². The summed E-state index contributed by atoms with van der Waals surface area (Å²) in [4.78, 5) is 14.2. The van der Waals surface area contributed by atoms with Crippen molar-refractivity contribution < 1.29 is 4.79 Å². The largest absolute Gasteiger partial charge is 0.353 e. The minimum Gasteiger partial charge on any atom is -0.353 e. The van der Waals surface area contributed by atoms with Crippen LogP contribution in [0.1, 0.15) is 46.0 Å². The molecule has 1 unspecified atom stereocenters. The standard InChI is InChI=1S/C14H29N3O/c1-11(2)9-12(15)13(18)16-10-14(17(3)4)7-5-6-8-14/h11-12H,5-10,15H2,1-4H3,(H,16,18). The molecular weight excluding hydrogens is 226 g/mol. The monoisotopic (exact) mass is 255 g/mol.